The monoisotopic (exact) mass is 207 g/mol. The summed E-state index contributed by atoms with van der Waals surface area (Å²) in [7, 11) is 0. The third-order valence-corrected chi connectivity index (χ3v) is 4.75. The van der Waals surface area contributed by atoms with E-state index in [2.05, 4.69) is 12.2 Å². The first-order valence-corrected chi connectivity index (χ1v) is 6.54. The third-order valence-electron chi connectivity index (χ3n) is 4.75. The molecule has 84 valence electrons. The zero-order valence-corrected chi connectivity index (χ0v) is 9.54. The number of fused-ring (bicyclic) bond motifs is 2. The highest BCUT2D eigenvalue weighted by Crippen LogP contribution is 2.49. The Morgan fingerprint density at radius 1 is 1.20 bits per heavy atom. The molecule has 0 saturated heterocycles. The van der Waals surface area contributed by atoms with E-state index < -0.39 is 0 Å². The highest BCUT2D eigenvalue weighted by atomic mass is 16.2. The molecule has 3 aliphatic carbocycles. The Kier molecular flexibility index (Phi) is 2.26. The number of nitrogens with one attached hydrogen (secondary N) is 1. The minimum Gasteiger partial charge on any atom is -0.353 e. The smallest absolute Gasteiger partial charge is 0.223 e. The second-order valence-corrected chi connectivity index (χ2v) is 5.91. The quantitative estimate of drug-likeness (QED) is 0.756. The standard InChI is InChI=1S/C13H21NO/c1-8(14-13(15)10-4-5-10)12-7-9-2-3-11(12)6-9/h8-12H,2-7H2,1H3,(H,14,15)/t8-,9+,11+,12-/m0/s1. The molecule has 3 saturated carbocycles. The van der Waals surface area contributed by atoms with E-state index >= 15 is 0 Å². The Morgan fingerprint density at radius 2 is 2.00 bits per heavy atom. The van der Waals surface area contributed by atoms with E-state index in [1.807, 2.05) is 0 Å². The van der Waals surface area contributed by atoms with E-state index in [9.17, 15) is 4.79 Å². The third kappa shape index (κ3) is 1.79. The summed E-state index contributed by atoms with van der Waals surface area (Å²) >= 11 is 0. The van der Waals surface area contributed by atoms with Crippen molar-refractivity contribution >= 4 is 5.91 Å². The molecule has 15 heavy (non-hydrogen) atoms. The van der Waals surface area contributed by atoms with Crippen molar-refractivity contribution in [1.82, 2.24) is 5.32 Å². The lowest BCUT2D eigenvalue weighted by atomic mass is 9.84. The normalized spacial score (nSPS) is 40.5. The molecular formula is C13H21NO. The minimum absolute atomic E-state index is 0.324. The molecule has 0 radical (unpaired) electrons. The van der Waals surface area contributed by atoms with Crippen molar-refractivity contribution in [3.8, 4) is 0 Å². The number of amides is 1. The van der Waals surface area contributed by atoms with Crippen LogP contribution in [-0.2, 0) is 4.79 Å². The van der Waals surface area contributed by atoms with E-state index in [1.54, 1.807) is 0 Å². The lowest BCUT2D eigenvalue weighted by molar-refractivity contribution is -0.123. The van der Waals surface area contributed by atoms with Crippen LogP contribution in [0, 0.1) is 23.7 Å². The summed E-state index contributed by atoms with van der Waals surface area (Å²) in [5.41, 5.74) is 0. The van der Waals surface area contributed by atoms with Gasteiger partial charge in [-0.2, -0.15) is 0 Å². The van der Waals surface area contributed by atoms with Crippen molar-refractivity contribution < 1.29 is 4.79 Å². The van der Waals surface area contributed by atoms with Crippen LogP contribution >= 0.6 is 0 Å². The number of hydrogen-bond donors (Lipinski definition) is 1. The molecule has 4 atom stereocenters. The van der Waals surface area contributed by atoms with Gasteiger partial charge in [0.05, 0.1) is 0 Å². The van der Waals surface area contributed by atoms with E-state index in [1.165, 1.54) is 25.7 Å². The molecule has 3 rings (SSSR count). The fraction of sp³-hybridized carbons (Fsp3) is 0.923. The molecule has 3 fully saturated rings. The molecule has 2 heteroatoms. The number of hydrogen-bond acceptors (Lipinski definition) is 1. The summed E-state index contributed by atoms with van der Waals surface area (Å²) in [6.07, 6.45) is 7.92. The SMILES string of the molecule is C[C@H](NC(=O)C1CC1)[C@@H]1C[C@@H]2CC[C@@H]1C2. The summed E-state index contributed by atoms with van der Waals surface area (Å²) in [5, 5.41) is 3.23. The second-order valence-electron chi connectivity index (χ2n) is 5.91. The van der Waals surface area contributed by atoms with Crippen LogP contribution < -0.4 is 5.32 Å². The molecule has 0 heterocycles. The predicted molar refractivity (Wildman–Crippen MR) is 59.3 cm³/mol. The Hall–Kier alpha value is -0.530. The van der Waals surface area contributed by atoms with Gasteiger partial charge in [0, 0.05) is 12.0 Å². The van der Waals surface area contributed by atoms with E-state index in [4.69, 9.17) is 0 Å². The van der Waals surface area contributed by atoms with E-state index in [-0.39, 0.29) is 0 Å². The zero-order chi connectivity index (χ0) is 10.4. The molecule has 3 aliphatic rings. The lowest BCUT2D eigenvalue weighted by Crippen LogP contribution is -2.40. The zero-order valence-electron chi connectivity index (χ0n) is 9.54. The summed E-state index contributed by atoms with van der Waals surface area (Å²) in [5.74, 6) is 3.38. The molecular weight excluding hydrogens is 186 g/mol. The molecule has 2 nitrogen and oxygen atoms in total. The van der Waals surface area contributed by atoms with Crippen LogP contribution in [0.2, 0.25) is 0 Å². The molecule has 1 N–H and O–H groups in total. The lowest BCUT2D eigenvalue weighted by Gasteiger charge is -2.28. The highest BCUT2D eigenvalue weighted by molar-refractivity contribution is 5.81. The summed E-state index contributed by atoms with van der Waals surface area (Å²) in [4.78, 5) is 11.7. The van der Waals surface area contributed by atoms with Crippen molar-refractivity contribution in [2.24, 2.45) is 23.7 Å². The van der Waals surface area contributed by atoms with Crippen molar-refractivity contribution in [1.29, 1.82) is 0 Å². The largest absolute Gasteiger partial charge is 0.353 e. The van der Waals surface area contributed by atoms with Crippen molar-refractivity contribution in [3.63, 3.8) is 0 Å². The van der Waals surface area contributed by atoms with Crippen LogP contribution in [0.15, 0.2) is 0 Å². The van der Waals surface area contributed by atoms with Gasteiger partial charge in [0.25, 0.3) is 0 Å². The average molecular weight is 207 g/mol. The maximum absolute atomic E-state index is 11.7. The van der Waals surface area contributed by atoms with Gasteiger partial charge >= 0.3 is 0 Å². The first kappa shape index (κ1) is 9.68. The van der Waals surface area contributed by atoms with Crippen molar-refractivity contribution in [2.75, 3.05) is 0 Å². The van der Waals surface area contributed by atoms with Crippen LogP contribution in [0.3, 0.4) is 0 Å². The van der Waals surface area contributed by atoms with Gasteiger partial charge < -0.3 is 5.32 Å². The van der Waals surface area contributed by atoms with E-state index in [0.717, 1.165) is 30.6 Å². The van der Waals surface area contributed by atoms with Gasteiger partial charge in [-0.05, 0) is 56.8 Å². The van der Waals surface area contributed by atoms with Crippen LogP contribution in [0.5, 0.6) is 0 Å². The maximum atomic E-state index is 11.7. The molecule has 0 aromatic rings. The topological polar surface area (TPSA) is 29.1 Å². The highest BCUT2D eigenvalue weighted by Gasteiger charge is 2.42. The van der Waals surface area contributed by atoms with Crippen LogP contribution in [0.1, 0.15) is 45.4 Å². The Bertz CT molecular complexity index is 272. The van der Waals surface area contributed by atoms with E-state index in [0.29, 0.717) is 17.9 Å². The van der Waals surface area contributed by atoms with Gasteiger partial charge in [-0.3, -0.25) is 4.79 Å². The number of carbonyl (C=O) groups excluding carboxylic acids is 1. The molecule has 0 aromatic heterocycles. The van der Waals surface area contributed by atoms with Gasteiger partial charge in [-0.1, -0.05) is 6.42 Å². The summed E-state index contributed by atoms with van der Waals surface area (Å²) in [6, 6.07) is 0.424. The molecule has 2 bridgehead atoms. The first-order chi connectivity index (χ1) is 7.24. The average Bonchev–Trinajstić information content (AvgIpc) is 2.87. The number of rotatable bonds is 3. The summed E-state index contributed by atoms with van der Waals surface area (Å²) < 4.78 is 0. The molecule has 0 spiro atoms. The van der Waals surface area contributed by atoms with Crippen molar-refractivity contribution in [2.45, 2.75) is 51.5 Å². The fourth-order valence-electron chi connectivity index (χ4n) is 3.70. The fourth-order valence-corrected chi connectivity index (χ4v) is 3.70. The maximum Gasteiger partial charge on any atom is 0.223 e. The van der Waals surface area contributed by atoms with Gasteiger partial charge in [-0.25, -0.2) is 0 Å². The summed E-state index contributed by atoms with van der Waals surface area (Å²) in [6.45, 7) is 2.21. The molecule has 0 aromatic carbocycles. The van der Waals surface area contributed by atoms with Crippen LogP contribution in [0.25, 0.3) is 0 Å². The van der Waals surface area contributed by atoms with Crippen molar-refractivity contribution in [3.05, 3.63) is 0 Å². The van der Waals surface area contributed by atoms with Gasteiger partial charge in [0.15, 0.2) is 0 Å². The Morgan fingerprint density at radius 3 is 2.53 bits per heavy atom. The van der Waals surface area contributed by atoms with Gasteiger partial charge in [-0.15, -0.1) is 0 Å². The molecule has 0 unspecified atom stereocenters. The van der Waals surface area contributed by atoms with Gasteiger partial charge in [0.1, 0.15) is 0 Å². The Balaban J connectivity index is 1.55. The minimum atomic E-state index is 0.324. The predicted octanol–water partition coefficient (Wildman–Crippen LogP) is 2.34. The first-order valence-electron chi connectivity index (χ1n) is 6.54. The van der Waals surface area contributed by atoms with Crippen LogP contribution in [-0.4, -0.2) is 11.9 Å². The Labute approximate surface area is 91.8 Å². The molecule has 0 aliphatic heterocycles. The van der Waals surface area contributed by atoms with Crippen LogP contribution in [0.4, 0.5) is 0 Å². The van der Waals surface area contributed by atoms with Gasteiger partial charge in [0.2, 0.25) is 5.91 Å². The second kappa shape index (κ2) is 3.50. The number of carbonyl (C=O) groups is 1. The molecule has 1 amide bonds.